The van der Waals surface area contributed by atoms with Gasteiger partial charge in [-0.1, -0.05) is 176 Å². The number of nitrogens with zero attached hydrogens (tertiary/aromatic N) is 1. The smallest absolute Gasteiger partial charge is 0.306 e. The van der Waals surface area contributed by atoms with E-state index in [2.05, 4.69) is 46.6 Å². The number of carbonyl (C=O) groups is 2. The molecule has 0 saturated carbocycles. The van der Waals surface area contributed by atoms with Gasteiger partial charge in [-0.15, -0.1) is 0 Å². The second-order valence-corrected chi connectivity index (χ2v) is 16.6. The molecule has 0 fully saturated rings. The van der Waals surface area contributed by atoms with Crippen molar-refractivity contribution in [2.24, 2.45) is 17.8 Å². The Balaban J connectivity index is 4.04. The molecule has 0 saturated heterocycles. The minimum Gasteiger partial charge on any atom is -0.466 e. The lowest BCUT2D eigenvalue weighted by atomic mass is 9.92. The molecule has 0 aliphatic rings. The van der Waals surface area contributed by atoms with Gasteiger partial charge >= 0.3 is 11.9 Å². The van der Waals surface area contributed by atoms with Crippen molar-refractivity contribution in [3.63, 3.8) is 0 Å². The van der Waals surface area contributed by atoms with Crippen LogP contribution in [-0.2, 0) is 19.1 Å². The van der Waals surface area contributed by atoms with Crippen LogP contribution in [-0.4, -0.2) is 50.2 Å². The summed E-state index contributed by atoms with van der Waals surface area (Å²) in [5, 5.41) is 0. The maximum absolute atomic E-state index is 12.5. The maximum atomic E-state index is 12.5. The number of ether oxygens (including phenoxy) is 2. The molecule has 0 rings (SSSR count). The molecule has 0 N–H and O–H groups in total. The molecular weight excluding hydrogens is 643 g/mol. The van der Waals surface area contributed by atoms with Crippen LogP contribution < -0.4 is 0 Å². The highest BCUT2D eigenvalue weighted by atomic mass is 16.5. The Morgan fingerprint density at radius 1 is 0.404 bits per heavy atom. The van der Waals surface area contributed by atoms with Crippen molar-refractivity contribution in [2.45, 2.75) is 240 Å². The largest absolute Gasteiger partial charge is 0.466 e. The molecule has 0 heterocycles. The Kier molecular flexibility index (Phi) is 38.8. The summed E-state index contributed by atoms with van der Waals surface area (Å²) in [6, 6.07) is 0. The third kappa shape index (κ3) is 34.7. The molecule has 0 aliphatic heterocycles. The average molecular weight is 736 g/mol. The summed E-state index contributed by atoms with van der Waals surface area (Å²) in [6.07, 6.45) is 38.6. The molecule has 0 radical (unpaired) electrons. The van der Waals surface area contributed by atoms with Gasteiger partial charge in [0.1, 0.15) is 0 Å². The zero-order chi connectivity index (χ0) is 38.3. The van der Waals surface area contributed by atoms with Gasteiger partial charge in [0.25, 0.3) is 0 Å². The van der Waals surface area contributed by atoms with Crippen LogP contribution in [0.5, 0.6) is 0 Å². The first-order valence-corrected chi connectivity index (χ1v) is 23.4. The first-order chi connectivity index (χ1) is 25.4. The Hall–Kier alpha value is -1.10. The Labute approximate surface area is 326 Å². The summed E-state index contributed by atoms with van der Waals surface area (Å²) in [5.41, 5.74) is 0. The van der Waals surface area contributed by atoms with Crippen molar-refractivity contribution in [1.82, 2.24) is 4.90 Å². The molecular formula is C47H93NO4. The molecule has 5 nitrogen and oxygen atoms in total. The average Bonchev–Trinajstić information content (AvgIpc) is 3.13. The fraction of sp³-hybridized carbons (Fsp3) is 0.957. The van der Waals surface area contributed by atoms with Gasteiger partial charge < -0.3 is 14.4 Å². The Morgan fingerprint density at radius 2 is 0.692 bits per heavy atom. The molecule has 0 aromatic rings. The highest BCUT2D eigenvalue weighted by Gasteiger charge is 2.16. The summed E-state index contributed by atoms with van der Waals surface area (Å²) >= 11 is 0. The minimum atomic E-state index is 0.0356. The lowest BCUT2D eigenvalue weighted by Gasteiger charge is -2.23. The van der Waals surface area contributed by atoms with Gasteiger partial charge in [-0.25, -0.2) is 0 Å². The van der Waals surface area contributed by atoms with E-state index in [0.29, 0.717) is 37.9 Å². The number of hydrogen-bond donors (Lipinski definition) is 0. The van der Waals surface area contributed by atoms with E-state index in [0.717, 1.165) is 25.3 Å². The van der Waals surface area contributed by atoms with Crippen LogP contribution in [0.3, 0.4) is 0 Å². The molecule has 0 aliphatic carbocycles. The van der Waals surface area contributed by atoms with E-state index in [9.17, 15) is 9.59 Å². The summed E-state index contributed by atoms with van der Waals surface area (Å²) < 4.78 is 11.3. The van der Waals surface area contributed by atoms with Crippen LogP contribution in [0.15, 0.2) is 0 Å². The van der Waals surface area contributed by atoms with Crippen molar-refractivity contribution in [3.05, 3.63) is 0 Å². The number of esters is 2. The normalized spacial score (nSPS) is 11.8. The van der Waals surface area contributed by atoms with E-state index in [1.54, 1.807) is 0 Å². The summed E-state index contributed by atoms with van der Waals surface area (Å²) in [5.74, 6) is 1.92. The van der Waals surface area contributed by atoms with Crippen LogP contribution in [0.1, 0.15) is 240 Å². The Bertz CT molecular complexity index is 682. The van der Waals surface area contributed by atoms with Crippen molar-refractivity contribution < 1.29 is 19.1 Å². The second kappa shape index (κ2) is 39.6. The SMILES string of the molecule is CCCCCC(CCCCC)CC(=O)OCCCCCCCCC(CCCCCCCCOC(=O)CC(CCCCC)CCCCC)CN(C)CC. The molecule has 0 spiro atoms. The van der Waals surface area contributed by atoms with E-state index < -0.39 is 0 Å². The summed E-state index contributed by atoms with van der Waals surface area (Å²) in [6.45, 7) is 14.8. The number of rotatable bonds is 41. The van der Waals surface area contributed by atoms with Gasteiger partial charge in [0.15, 0.2) is 0 Å². The first-order valence-electron chi connectivity index (χ1n) is 23.4. The number of unbranched alkanes of at least 4 members (excludes halogenated alkanes) is 18. The topological polar surface area (TPSA) is 55.8 Å². The molecule has 0 aromatic carbocycles. The van der Waals surface area contributed by atoms with E-state index in [1.807, 2.05) is 0 Å². The van der Waals surface area contributed by atoms with Crippen molar-refractivity contribution in [2.75, 3.05) is 33.4 Å². The second-order valence-electron chi connectivity index (χ2n) is 16.6. The van der Waals surface area contributed by atoms with E-state index >= 15 is 0 Å². The summed E-state index contributed by atoms with van der Waals surface area (Å²) in [7, 11) is 2.27. The van der Waals surface area contributed by atoms with Crippen LogP contribution >= 0.6 is 0 Å². The lowest BCUT2D eigenvalue weighted by Crippen LogP contribution is -2.25. The molecule has 0 atom stereocenters. The highest BCUT2D eigenvalue weighted by Crippen LogP contribution is 2.24. The third-order valence-electron chi connectivity index (χ3n) is 11.4. The van der Waals surface area contributed by atoms with Gasteiger partial charge in [-0.05, 0) is 82.7 Å². The van der Waals surface area contributed by atoms with Gasteiger partial charge in [-0.2, -0.15) is 0 Å². The molecule has 52 heavy (non-hydrogen) atoms. The Morgan fingerprint density at radius 3 is 1.02 bits per heavy atom. The number of hydrogen-bond acceptors (Lipinski definition) is 5. The van der Waals surface area contributed by atoms with Crippen LogP contribution in [0.4, 0.5) is 0 Å². The molecule has 0 unspecified atom stereocenters. The molecule has 5 heteroatoms. The van der Waals surface area contributed by atoms with Gasteiger partial charge in [0.2, 0.25) is 0 Å². The summed E-state index contributed by atoms with van der Waals surface area (Å²) in [4.78, 5) is 27.5. The predicted molar refractivity (Wildman–Crippen MR) is 226 cm³/mol. The number of carbonyl (C=O) groups excluding carboxylic acids is 2. The zero-order valence-electron chi connectivity index (χ0n) is 36.3. The van der Waals surface area contributed by atoms with E-state index in [-0.39, 0.29) is 11.9 Å². The van der Waals surface area contributed by atoms with Crippen molar-refractivity contribution in [1.29, 1.82) is 0 Å². The molecule has 0 bridgehead atoms. The van der Waals surface area contributed by atoms with Crippen LogP contribution in [0.25, 0.3) is 0 Å². The predicted octanol–water partition coefficient (Wildman–Crippen LogP) is 14.4. The molecule has 0 aromatic heterocycles. The van der Waals surface area contributed by atoms with Gasteiger partial charge in [0, 0.05) is 19.4 Å². The monoisotopic (exact) mass is 736 g/mol. The van der Waals surface area contributed by atoms with Crippen molar-refractivity contribution in [3.8, 4) is 0 Å². The molecule has 0 amide bonds. The van der Waals surface area contributed by atoms with Crippen molar-refractivity contribution >= 4 is 11.9 Å². The standard InChI is InChI=1S/C47H93NO4/c1-7-12-24-32-43(33-25-13-8-2)40-46(49)51-38-30-22-18-16-20-28-36-45(42-48(6)11-5)37-29-21-17-19-23-31-39-52-47(50)41-44(34-26-14-9-3)35-27-15-10-4/h43-45H,7-42H2,1-6H3. The quantitative estimate of drug-likeness (QED) is 0.0462. The maximum Gasteiger partial charge on any atom is 0.306 e. The van der Waals surface area contributed by atoms with E-state index in [4.69, 9.17) is 9.47 Å². The molecule has 310 valence electrons. The third-order valence-corrected chi connectivity index (χ3v) is 11.4. The minimum absolute atomic E-state index is 0.0356. The first kappa shape index (κ1) is 50.9. The zero-order valence-corrected chi connectivity index (χ0v) is 36.3. The van der Waals surface area contributed by atoms with E-state index in [1.165, 1.54) is 186 Å². The highest BCUT2D eigenvalue weighted by molar-refractivity contribution is 5.70. The fourth-order valence-corrected chi connectivity index (χ4v) is 7.77. The van der Waals surface area contributed by atoms with Crippen LogP contribution in [0.2, 0.25) is 0 Å². The van der Waals surface area contributed by atoms with Crippen LogP contribution in [0, 0.1) is 17.8 Å². The lowest BCUT2D eigenvalue weighted by molar-refractivity contribution is -0.146. The van der Waals surface area contributed by atoms with Gasteiger partial charge in [0.05, 0.1) is 13.2 Å². The fourth-order valence-electron chi connectivity index (χ4n) is 7.77. The van der Waals surface area contributed by atoms with Gasteiger partial charge in [-0.3, -0.25) is 9.59 Å².